The summed E-state index contributed by atoms with van der Waals surface area (Å²) in [6.07, 6.45) is 0. The van der Waals surface area contributed by atoms with Gasteiger partial charge in [-0.3, -0.25) is 4.79 Å². The molecular formula is C12H10ClNO2S. The van der Waals surface area contributed by atoms with E-state index in [4.69, 9.17) is 11.6 Å². The zero-order valence-electron chi connectivity index (χ0n) is 9.32. The van der Waals surface area contributed by atoms with Crippen LogP contribution in [-0.2, 0) is 0 Å². The molecule has 1 aromatic carbocycles. The van der Waals surface area contributed by atoms with E-state index in [-0.39, 0.29) is 16.6 Å². The first-order valence-corrected chi connectivity index (χ1v) is 6.15. The van der Waals surface area contributed by atoms with E-state index in [1.165, 1.54) is 24.3 Å². The number of thiazole rings is 1. The Hall–Kier alpha value is -1.39. The number of nitrogens with zero attached hydrogens (tertiary/aromatic N) is 1. The predicted octanol–water partition coefficient (Wildman–Crippen LogP) is 3.68. The maximum atomic E-state index is 11.3. The van der Waals surface area contributed by atoms with E-state index in [2.05, 4.69) is 4.98 Å². The van der Waals surface area contributed by atoms with Crippen molar-refractivity contribution < 1.29 is 9.90 Å². The molecule has 1 N–H and O–H groups in total. The van der Waals surface area contributed by atoms with Crippen molar-refractivity contribution in [2.45, 2.75) is 13.8 Å². The highest BCUT2D eigenvalue weighted by atomic mass is 35.5. The van der Waals surface area contributed by atoms with Gasteiger partial charge in [-0.2, -0.15) is 0 Å². The molecule has 1 aromatic heterocycles. The van der Waals surface area contributed by atoms with Crippen LogP contribution in [-0.4, -0.2) is 15.9 Å². The summed E-state index contributed by atoms with van der Waals surface area (Å²) in [7, 11) is 0. The van der Waals surface area contributed by atoms with Gasteiger partial charge in [0.25, 0.3) is 0 Å². The zero-order valence-corrected chi connectivity index (χ0v) is 10.9. The Kier molecular flexibility index (Phi) is 3.17. The molecular weight excluding hydrogens is 258 g/mol. The van der Waals surface area contributed by atoms with E-state index in [1.807, 2.05) is 0 Å². The van der Waals surface area contributed by atoms with Gasteiger partial charge < -0.3 is 5.11 Å². The van der Waals surface area contributed by atoms with E-state index < -0.39 is 0 Å². The summed E-state index contributed by atoms with van der Waals surface area (Å²) in [4.78, 5) is 16.3. The lowest BCUT2D eigenvalue weighted by Gasteiger charge is -1.99. The molecule has 2 aromatic rings. The number of aromatic nitrogens is 1. The molecule has 88 valence electrons. The first kappa shape index (κ1) is 12.1. The molecule has 0 aliphatic rings. The van der Waals surface area contributed by atoms with Crippen molar-refractivity contribution in [1.82, 2.24) is 4.98 Å². The Labute approximate surface area is 108 Å². The highest BCUT2D eigenvalue weighted by Gasteiger charge is 2.13. The lowest BCUT2D eigenvalue weighted by molar-refractivity contribution is 0.102. The maximum absolute atomic E-state index is 11.3. The number of aryl methyl sites for hydroxylation is 1. The number of carbonyl (C=O) groups excluding carboxylic acids is 1. The van der Waals surface area contributed by atoms with Gasteiger partial charge in [-0.25, -0.2) is 4.98 Å². The highest BCUT2D eigenvalue weighted by Crippen LogP contribution is 2.32. The van der Waals surface area contributed by atoms with Crippen LogP contribution < -0.4 is 0 Å². The SMILES string of the molecule is CC(=O)c1sc(-c2ccc(O)c(Cl)c2)nc1C. The van der Waals surface area contributed by atoms with Crippen molar-refractivity contribution in [3.63, 3.8) is 0 Å². The highest BCUT2D eigenvalue weighted by molar-refractivity contribution is 7.17. The Balaban J connectivity index is 2.50. The fourth-order valence-corrected chi connectivity index (χ4v) is 2.62. The smallest absolute Gasteiger partial charge is 0.171 e. The molecule has 0 saturated carbocycles. The summed E-state index contributed by atoms with van der Waals surface area (Å²) in [5.74, 6) is 0.0478. The maximum Gasteiger partial charge on any atom is 0.171 e. The average Bonchev–Trinajstić information content (AvgIpc) is 2.64. The van der Waals surface area contributed by atoms with E-state index in [0.29, 0.717) is 4.88 Å². The number of carbonyl (C=O) groups is 1. The Bertz CT molecular complexity index is 592. The molecule has 0 unspecified atom stereocenters. The van der Waals surface area contributed by atoms with Crippen LogP contribution in [0, 0.1) is 6.92 Å². The number of benzene rings is 1. The fourth-order valence-electron chi connectivity index (χ4n) is 1.49. The number of aromatic hydroxyl groups is 1. The van der Waals surface area contributed by atoms with Crippen LogP contribution >= 0.6 is 22.9 Å². The van der Waals surface area contributed by atoms with Gasteiger partial charge in [0, 0.05) is 12.5 Å². The van der Waals surface area contributed by atoms with Crippen molar-refractivity contribution in [2.75, 3.05) is 0 Å². The van der Waals surface area contributed by atoms with Crippen molar-refractivity contribution >= 4 is 28.7 Å². The third-order valence-corrected chi connectivity index (χ3v) is 3.92. The minimum absolute atomic E-state index is 0.0103. The summed E-state index contributed by atoms with van der Waals surface area (Å²) in [6, 6.07) is 4.88. The normalized spacial score (nSPS) is 10.5. The van der Waals surface area contributed by atoms with Gasteiger partial charge in [0.05, 0.1) is 15.6 Å². The summed E-state index contributed by atoms with van der Waals surface area (Å²) in [5.41, 5.74) is 1.52. The van der Waals surface area contributed by atoms with E-state index >= 15 is 0 Å². The lowest BCUT2D eigenvalue weighted by atomic mass is 10.2. The van der Waals surface area contributed by atoms with Gasteiger partial charge in [0.15, 0.2) is 5.78 Å². The van der Waals surface area contributed by atoms with E-state index in [0.717, 1.165) is 16.3 Å². The molecule has 0 aliphatic carbocycles. The second-order valence-corrected chi connectivity index (χ2v) is 5.06. The molecule has 0 bridgehead atoms. The summed E-state index contributed by atoms with van der Waals surface area (Å²) in [6.45, 7) is 3.33. The standard InChI is InChI=1S/C12H10ClNO2S/c1-6-11(7(2)15)17-12(14-6)8-3-4-10(16)9(13)5-8/h3-5,16H,1-2H3. The largest absolute Gasteiger partial charge is 0.506 e. The number of ketones is 1. The minimum atomic E-state index is 0.0103. The topological polar surface area (TPSA) is 50.2 Å². The molecule has 0 spiro atoms. The first-order chi connectivity index (χ1) is 7.99. The quantitative estimate of drug-likeness (QED) is 0.845. The van der Waals surface area contributed by atoms with Crippen molar-refractivity contribution in [3.8, 4) is 16.3 Å². The van der Waals surface area contributed by atoms with Gasteiger partial charge >= 0.3 is 0 Å². The monoisotopic (exact) mass is 267 g/mol. The van der Waals surface area contributed by atoms with Crippen molar-refractivity contribution in [3.05, 3.63) is 33.8 Å². The van der Waals surface area contributed by atoms with Crippen LogP contribution in [0.25, 0.3) is 10.6 Å². The van der Waals surface area contributed by atoms with Gasteiger partial charge in [-0.15, -0.1) is 11.3 Å². The van der Waals surface area contributed by atoms with Crippen molar-refractivity contribution in [1.29, 1.82) is 0 Å². The second-order valence-electron chi connectivity index (χ2n) is 3.66. The van der Waals surface area contributed by atoms with E-state index in [9.17, 15) is 9.90 Å². The van der Waals surface area contributed by atoms with Gasteiger partial charge in [0.1, 0.15) is 10.8 Å². The van der Waals surface area contributed by atoms with Crippen LogP contribution in [0.15, 0.2) is 18.2 Å². The van der Waals surface area contributed by atoms with Gasteiger partial charge in [-0.1, -0.05) is 11.6 Å². The molecule has 17 heavy (non-hydrogen) atoms. The number of phenols is 1. The lowest BCUT2D eigenvalue weighted by Crippen LogP contribution is -1.89. The van der Waals surface area contributed by atoms with Crippen LogP contribution in [0.2, 0.25) is 5.02 Å². The minimum Gasteiger partial charge on any atom is -0.506 e. The number of hydrogen-bond acceptors (Lipinski definition) is 4. The third-order valence-electron chi connectivity index (χ3n) is 2.31. The molecule has 3 nitrogen and oxygen atoms in total. The number of rotatable bonds is 2. The molecule has 1 heterocycles. The van der Waals surface area contributed by atoms with Crippen LogP contribution in [0.3, 0.4) is 0 Å². The van der Waals surface area contributed by atoms with Crippen LogP contribution in [0.1, 0.15) is 22.3 Å². The Morgan fingerprint density at radius 3 is 2.71 bits per heavy atom. The second kappa shape index (κ2) is 4.47. The molecule has 5 heteroatoms. The van der Waals surface area contributed by atoms with Crippen LogP contribution in [0.5, 0.6) is 5.75 Å². The summed E-state index contributed by atoms with van der Waals surface area (Å²) >= 11 is 7.17. The molecule has 0 radical (unpaired) electrons. The zero-order chi connectivity index (χ0) is 12.6. The number of Topliss-reactive ketones (excluding diaryl/α,β-unsaturated/α-hetero) is 1. The Morgan fingerprint density at radius 1 is 1.47 bits per heavy atom. The molecule has 0 amide bonds. The average molecular weight is 268 g/mol. The molecule has 0 aliphatic heterocycles. The predicted molar refractivity (Wildman–Crippen MR) is 69.0 cm³/mol. The fraction of sp³-hybridized carbons (Fsp3) is 0.167. The van der Waals surface area contributed by atoms with Crippen LogP contribution in [0.4, 0.5) is 0 Å². The Morgan fingerprint density at radius 2 is 2.18 bits per heavy atom. The first-order valence-electron chi connectivity index (χ1n) is 4.96. The third kappa shape index (κ3) is 2.33. The molecule has 0 fully saturated rings. The number of hydrogen-bond donors (Lipinski definition) is 1. The number of phenolic OH excluding ortho intramolecular Hbond substituents is 1. The van der Waals surface area contributed by atoms with Crippen molar-refractivity contribution in [2.24, 2.45) is 0 Å². The molecule has 0 saturated heterocycles. The summed E-state index contributed by atoms with van der Waals surface area (Å²) in [5, 5.41) is 10.3. The van der Waals surface area contributed by atoms with Gasteiger partial charge in [0.2, 0.25) is 0 Å². The molecule has 2 rings (SSSR count). The van der Waals surface area contributed by atoms with E-state index in [1.54, 1.807) is 19.1 Å². The number of halogens is 1. The molecule has 0 atom stereocenters. The summed E-state index contributed by atoms with van der Waals surface area (Å²) < 4.78 is 0. The van der Waals surface area contributed by atoms with Gasteiger partial charge in [-0.05, 0) is 25.1 Å².